The Bertz CT molecular complexity index is 446. The van der Waals surface area contributed by atoms with Crippen LogP contribution in [0.1, 0.15) is 64.2 Å². The second-order valence-corrected chi connectivity index (χ2v) is 6.39. The van der Waals surface area contributed by atoms with Gasteiger partial charge in [-0.1, -0.05) is 12.8 Å². The Kier molecular flexibility index (Phi) is 4.89. The highest BCUT2D eigenvalue weighted by molar-refractivity contribution is 5.44. The maximum Gasteiger partial charge on any atom is 0.161 e. The van der Waals surface area contributed by atoms with Crippen molar-refractivity contribution in [2.75, 3.05) is 0 Å². The molecule has 0 aliphatic heterocycles. The molecule has 0 unspecified atom stereocenters. The molecule has 2 fully saturated rings. The summed E-state index contributed by atoms with van der Waals surface area (Å²) in [5.41, 5.74) is 0. The van der Waals surface area contributed by atoms with Gasteiger partial charge in [-0.25, -0.2) is 0 Å². The molecule has 1 aromatic carbocycles. The van der Waals surface area contributed by atoms with Crippen LogP contribution in [0.15, 0.2) is 18.2 Å². The van der Waals surface area contributed by atoms with Gasteiger partial charge >= 0.3 is 0 Å². The van der Waals surface area contributed by atoms with Crippen molar-refractivity contribution in [2.24, 2.45) is 0 Å². The molecule has 0 bridgehead atoms. The molecule has 2 aliphatic carbocycles. The number of ether oxygens (including phenoxy) is 2. The molecule has 3 heteroatoms. The quantitative estimate of drug-likeness (QED) is 0.864. The van der Waals surface area contributed by atoms with Gasteiger partial charge in [-0.2, -0.15) is 0 Å². The summed E-state index contributed by atoms with van der Waals surface area (Å²) in [6.07, 6.45) is 12.6. The molecule has 0 radical (unpaired) electrons. The lowest BCUT2D eigenvalue weighted by Gasteiger charge is -2.25. The minimum absolute atomic E-state index is 0.203. The van der Waals surface area contributed by atoms with E-state index in [1.807, 2.05) is 12.1 Å². The third-order valence-electron chi connectivity index (χ3n) is 4.63. The molecule has 1 aromatic rings. The van der Waals surface area contributed by atoms with Crippen molar-refractivity contribution in [3.63, 3.8) is 0 Å². The first-order valence-electron chi connectivity index (χ1n) is 8.47. The van der Waals surface area contributed by atoms with Gasteiger partial charge < -0.3 is 14.6 Å². The van der Waals surface area contributed by atoms with Gasteiger partial charge in [0.05, 0.1) is 12.2 Å². The largest absolute Gasteiger partial charge is 0.504 e. The molecule has 0 heterocycles. The van der Waals surface area contributed by atoms with E-state index in [1.165, 1.54) is 38.5 Å². The van der Waals surface area contributed by atoms with Gasteiger partial charge in [-0.15, -0.1) is 0 Å². The Morgan fingerprint density at radius 2 is 1.33 bits per heavy atom. The van der Waals surface area contributed by atoms with Crippen LogP contribution in [-0.4, -0.2) is 17.3 Å². The first-order valence-corrected chi connectivity index (χ1v) is 8.47. The normalized spacial score (nSPS) is 21.1. The summed E-state index contributed by atoms with van der Waals surface area (Å²) in [4.78, 5) is 0. The lowest BCUT2D eigenvalue weighted by molar-refractivity contribution is 0.145. The summed E-state index contributed by atoms with van der Waals surface area (Å²) in [7, 11) is 0. The first-order chi connectivity index (χ1) is 10.3. The Balaban J connectivity index is 1.59. The standard InChI is InChI=1S/C18H26O3/c19-17-13-16(20-14-7-3-1-4-8-14)11-12-18(17)21-15-9-5-2-6-10-15/h11-15,19H,1-10H2. The molecule has 2 aliphatic rings. The van der Waals surface area contributed by atoms with Crippen molar-refractivity contribution < 1.29 is 14.6 Å². The van der Waals surface area contributed by atoms with E-state index in [0.29, 0.717) is 11.9 Å². The molecular formula is C18H26O3. The van der Waals surface area contributed by atoms with Crippen LogP contribution in [0, 0.1) is 0 Å². The maximum absolute atomic E-state index is 10.1. The van der Waals surface area contributed by atoms with Crippen LogP contribution in [0.4, 0.5) is 0 Å². The summed E-state index contributed by atoms with van der Waals surface area (Å²) >= 11 is 0. The zero-order chi connectivity index (χ0) is 14.5. The van der Waals surface area contributed by atoms with E-state index in [4.69, 9.17) is 9.47 Å². The second kappa shape index (κ2) is 7.06. The zero-order valence-corrected chi connectivity index (χ0v) is 12.7. The first kappa shape index (κ1) is 14.6. The topological polar surface area (TPSA) is 38.7 Å². The van der Waals surface area contributed by atoms with Crippen molar-refractivity contribution in [1.29, 1.82) is 0 Å². The van der Waals surface area contributed by atoms with Crippen molar-refractivity contribution >= 4 is 0 Å². The number of hydrogen-bond acceptors (Lipinski definition) is 3. The maximum atomic E-state index is 10.1. The number of hydrogen-bond donors (Lipinski definition) is 1. The van der Waals surface area contributed by atoms with Crippen molar-refractivity contribution in [3.8, 4) is 17.2 Å². The van der Waals surface area contributed by atoms with Crippen LogP contribution < -0.4 is 9.47 Å². The Labute approximate surface area is 127 Å². The van der Waals surface area contributed by atoms with Crippen molar-refractivity contribution in [2.45, 2.75) is 76.4 Å². The average molecular weight is 290 g/mol. The molecule has 0 spiro atoms. The van der Waals surface area contributed by atoms with Crippen LogP contribution in [0.5, 0.6) is 17.2 Å². The van der Waals surface area contributed by atoms with E-state index in [1.54, 1.807) is 6.07 Å². The van der Waals surface area contributed by atoms with Crippen LogP contribution in [0.3, 0.4) is 0 Å². The average Bonchev–Trinajstić information content (AvgIpc) is 2.52. The molecule has 0 amide bonds. The van der Waals surface area contributed by atoms with E-state index < -0.39 is 0 Å². The van der Waals surface area contributed by atoms with Crippen LogP contribution in [-0.2, 0) is 0 Å². The highest BCUT2D eigenvalue weighted by Crippen LogP contribution is 2.34. The predicted molar refractivity (Wildman–Crippen MR) is 83.1 cm³/mol. The van der Waals surface area contributed by atoms with Crippen LogP contribution in [0.2, 0.25) is 0 Å². The lowest BCUT2D eigenvalue weighted by atomic mass is 9.97. The molecule has 1 N–H and O–H groups in total. The fourth-order valence-corrected chi connectivity index (χ4v) is 3.41. The molecule has 21 heavy (non-hydrogen) atoms. The molecule has 116 valence electrons. The number of benzene rings is 1. The van der Waals surface area contributed by atoms with E-state index in [-0.39, 0.29) is 11.9 Å². The fraction of sp³-hybridized carbons (Fsp3) is 0.667. The summed E-state index contributed by atoms with van der Waals surface area (Å²) in [6, 6.07) is 5.47. The van der Waals surface area contributed by atoms with Gasteiger partial charge in [0, 0.05) is 6.07 Å². The van der Waals surface area contributed by atoms with E-state index in [2.05, 4.69) is 0 Å². The lowest BCUT2D eigenvalue weighted by Crippen LogP contribution is -2.20. The second-order valence-electron chi connectivity index (χ2n) is 6.39. The van der Waals surface area contributed by atoms with Gasteiger partial charge in [0.15, 0.2) is 11.5 Å². The highest BCUT2D eigenvalue weighted by Gasteiger charge is 2.18. The SMILES string of the molecule is Oc1cc(OC2CCCCC2)ccc1OC1CCCCC1. The van der Waals surface area contributed by atoms with Crippen molar-refractivity contribution in [3.05, 3.63) is 18.2 Å². The number of phenolic OH excluding ortho intramolecular Hbond substituents is 1. The van der Waals surface area contributed by atoms with Gasteiger partial charge in [0.1, 0.15) is 5.75 Å². The number of rotatable bonds is 4. The van der Waals surface area contributed by atoms with Gasteiger partial charge in [-0.3, -0.25) is 0 Å². The Hall–Kier alpha value is -1.38. The molecular weight excluding hydrogens is 264 g/mol. The minimum atomic E-state index is 0.203. The summed E-state index contributed by atoms with van der Waals surface area (Å²) in [5.74, 6) is 1.56. The van der Waals surface area contributed by atoms with Gasteiger partial charge in [0.25, 0.3) is 0 Å². The van der Waals surface area contributed by atoms with Crippen LogP contribution in [0.25, 0.3) is 0 Å². The minimum Gasteiger partial charge on any atom is -0.504 e. The molecule has 0 atom stereocenters. The monoisotopic (exact) mass is 290 g/mol. The van der Waals surface area contributed by atoms with E-state index in [9.17, 15) is 5.11 Å². The van der Waals surface area contributed by atoms with Crippen molar-refractivity contribution in [1.82, 2.24) is 0 Å². The summed E-state index contributed by atoms with van der Waals surface area (Å²) in [5, 5.41) is 10.1. The molecule has 3 rings (SSSR count). The van der Waals surface area contributed by atoms with E-state index in [0.717, 1.165) is 31.4 Å². The number of aromatic hydroxyl groups is 1. The highest BCUT2D eigenvalue weighted by atomic mass is 16.5. The summed E-state index contributed by atoms with van der Waals surface area (Å²) in [6.45, 7) is 0. The predicted octanol–water partition coefficient (Wildman–Crippen LogP) is 4.82. The molecule has 0 aromatic heterocycles. The molecule has 3 nitrogen and oxygen atoms in total. The molecule has 0 saturated heterocycles. The third kappa shape index (κ3) is 4.05. The number of phenols is 1. The smallest absolute Gasteiger partial charge is 0.161 e. The zero-order valence-electron chi connectivity index (χ0n) is 12.7. The Morgan fingerprint density at radius 1 is 0.762 bits per heavy atom. The van der Waals surface area contributed by atoms with Crippen LogP contribution >= 0.6 is 0 Å². The summed E-state index contributed by atoms with van der Waals surface area (Å²) < 4.78 is 11.9. The fourth-order valence-electron chi connectivity index (χ4n) is 3.41. The van der Waals surface area contributed by atoms with Gasteiger partial charge in [-0.05, 0) is 63.5 Å². The molecule has 2 saturated carbocycles. The third-order valence-corrected chi connectivity index (χ3v) is 4.63. The van der Waals surface area contributed by atoms with Gasteiger partial charge in [0.2, 0.25) is 0 Å². The Morgan fingerprint density at radius 3 is 1.90 bits per heavy atom. The van der Waals surface area contributed by atoms with E-state index >= 15 is 0 Å².